The van der Waals surface area contributed by atoms with Gasteiger partial charge in [0.05, 0.1) is 0 Å². The van der Waals surface area contributed by atoms with Crippen molar-refractivity contribution < 1.29 is 9.53 Å². The fourth-order valence-electron chi connectivity index (χ4n) is 2.96. The molecular formula is C17H33NO2. The summed E-state index contributed by atoms with van der Waals surface area (Å²) >= 11 is 0. The van der Waals surface area contributed by atoms with E-state index in [1.165, 1.54) is 32.1 Å². The molecule has 3 heteroatoms. The Kier molecular flexibility index (Phi) is 6.84. The van der Waals surface area contributed by atoms with Crippen LogP contribution in [0.15, 0.2) is 0 Å². The lowest BCUT2D eigenvalue weighted by Crippen LogP contribution is -2.43. The Bertz CT molecular complexity index is 290. The predicted octanol–water partition coefficient (Wildman–Crippen LogP) is 4.90. The van der Waals surface area contributed by atoms with Crippen molar-refractivity contribution in [1.29, 1.82) is 0 Å². The summed E-state index contributed by atoms with van der Waals surface area (Å²) in [6, 6.07) is 0.248. The van der Waals surface area contributed by atoms with Gasteiger partial charge in [-0.15, -0.1) is 0 Å². The van der Waals surface area contributed by atoms with Gasteiger partial charge >= 0.3 is 6.09 Å². The SMILES string of the molecule is CC[C@@H](C)[C@H](CC1CCCCC1)NC(=O)OC(C)(C)C. The number of ether oxygens (including phenoxy) is 1. The van der Waals surface area contributed by atoms with E-state index in [4.69, 9.17) is 4.74 Å². The first-order chi connectivity index (χ1) is 9.31. The fourth-order valence-corrected chi connectivity index (χ4v) is 2.96. The lowest BCUT2D eigenvalue weighted by Gasteiger charge is -2.31. The van der Waals surface area contributed by atoms with E-state index in [0.717, 1.165) is 18.8 Å². The van der Waals surface area contributed by atoms with Crippen LogP contribution in [0.3, 0.4) is 0 Å². The molecule has 2 atom stereocenters. The van der Waals surface area contributed by atoms with Crippen LogP contribution in [0.4, 0.5) is 4.79 Å². The molecule has 0 aromatic rings. The van der Waals surface area contributed by atoms with E-state index >= 15 is 0 Å². The van der Waals surface area contributed by atoms with Gasteiger partial charge in [0.2, 0.25) is 0 Å². The third-order valence-corrected chi connectivity index (χ3v) is 4.34. The van der Waals surface area contributed by atoms with Gasteiger partial charge in [0.15, 0.2) is 0 Å². The molecule has 118 valence electrons. The smallest absolute Gasteiger partial charge is 0.407 e. The summed E-state index contributed by atoms with van der Waals surface area (Å²) in [6.45, 7) is 10.1. The van der Waals surface area contributed by atoms with Crippen LogP contribution in [0.5, 0.6) is 0 Å². The summed E-state index contributed by atoms with van der Waals surface area (Å²) in [6.07, 6.45) is 8.66. The third-order valence-electron chi connectivity index (χ3n) is 4.34. The van der Waals surface area contributed by atoms with E-state index in [1.807, 2.05) is 20.8 Å². The minimum atomic E-state index is -0.422. The Balaban J connectivity index is 2.52. The van der Waals surface area contributed by atoms with Gasteiger partial charge < -0.3 is 10.1 Å². The molecule has 0 spiro atoms. The molecule has 1 aliphatic carbocycles. The minimum Gasteiger partial charge on any atom is -0.444 e. The molecule has 1 amide bonds. The van der Waals surface area contributed by atoms with Gasteiger partial charge in [0.1, 0.15) is 5.60 Å². The summed E-state index contributed by atoms with van der Waals surface area (Å²) in [5, 5.41) is 3.11. The number of amides is 1. The second kappa shape index (κ2) is 7.90. The van der Waals surface area contributed by atoms with Crippen molar-refractivity contribution in [3.8, 4) is 0 Å². The number of hydrogen-bond acceptors (Lipinski definition) is 2. The normalized spacial score (nSPS) is 20.2. The average molecular weight is 283 g/mol. The molecule has 0 aromatic carbocycles. The highest BCUT2D eigenvalue weighted by atomic mass is 16.6. The molecule has 0 aromatic heterocycles. The van der Waals surface area contributed by atoms with Gasteiger partial charge in [-0.2, -0.15) is 0 Å². The second-order valence-corrected chi connectivity index (χ2v) is 7.38. The molecule has 1 fully saturated rings. The minimum absolute atomic E-state index is 0.248. The Hall–Kier alpha value is -0.730. The molecular weight excluding hydrogens is 250 g/mol. The predicted molar refractivity (Wildman–Crippen MR) is 83.8 cm³/mol. The largest absolute Gasteiger partial charge is 0.444 e. The van der Waals surface area contributed by atoms with Crippen molar-refractivity contribution in [3.05, 3.63) is 0 Å². The maximum absolute atomic E-state index is 12.0. The number of rotatable bonds is 5. The molecule has 20 heavy (non-hydrogen) atoms. The van der Waals surface area contributed by atoms with Gasteiger partial charge in [-0.05, 0) is 39.0 Å². The first-order valence-electron chi connectivity index (χ1n) is 8.31. The van der Waals surface area contributed by atoms with E-state index < -0.39 is 5.60 Å². The zero-order chi connectivity index (χ0) is 15.2. The highest BCUT2D eigenvalue weighted by Crippen LogP contribution is 2.29. The zero-order valence-corrected chi connectivity index (χ0v) is 14.0. The highest BCUT2D eigenvalue weighted by Gasteiger charge is 2.26. The van der Waals surface area contributed by atoms with Crippen molar-refractivity contribution in [2.45, 2.75) is 91.2 Å². The van der Waals surface area contributed by atoms with Gasteiger partial charge in [-0.25, -0.2) is 4.79 Å². The van der Waals surface area contributed by atoms with Crippen molar-refractivity contribution >= 4 is 6.09 Å². The van der Waals surface area contributed by atoms with Crippen molar-refractivity contribution in [2.75, 3.05) is 0 Å². The zero-order valence-electron chi connectivity index (χ0n) is 14.0. The molecule has 0 bridgehead atoms. The van der Waals surface area contributed by atoms with Crippen molar-refractivity contribution in [2.24, 2.45) is 11.8 Å². The van der Waals surface area contributed by atoms with Crippen LogP contribution >= 0.6 is 0 Å². The van der Waals surface area contributed by atoms with E-state index in [2.05, 4.69) is 19.2 Å². The molecule has 0 saturated heterocycles. The summed E-state index contributed by atoms with van der Waals surface area (Å²) in [7, 11) is 0. The molecule has 3 nitrogen and oxygen atoms in total. The summed E-state index contributed by atoms with van der Waals surface area (Å²) < 4.78 is 5.40. The molecule has 1 N–H and O–H groups in total. The van der Waals surface area contributed by atoms with Crippen molar-refractivity contribution in [3.63, 3.8) is 0 Å². The van der Waals surface area contributed by atoms with Crippen LogP contribution in [0.25, 0.3) is 0 Å². The monoisotopic (exact) mass is 283 g/mol. The van der Waals surface area contributed by atoms with E-state index in [0.29, 0.717) is 5.92 Å². The Labute approximate surface area is 124 Å². The van der Waals surface area contributed by atoms with Crippen LogP contribution in [-0.2, 0) is 4.74 Å². The van der Waals surface area contributed by atoms with Gasteiger partial charge in [-0.3, -0.25) is 0 Å². The molecule has 0 unspecified atom stereocenters. The number of alkyl carbamates (subject to hydrolysis) is 1. The van der Waals surface area contributed by atoms with Crippen LogP contribution in [0, 0.1) is 11.8 Å². The van der Waals surface area contributed by atoms with Crippen molar-refractivity contribution in [1.82, 2.24) is 5.32 Å². The fraction of sp³-hybridized carbons (Fsp3) is 0.941. The number of hydrogen-bond donors (Lipinski definition) is 1. The quantitative estimate of drug-likeness (QED) is 0.779. The summed E-state index contributed by atoms with van der Waals surface area (Å²) in [5.74, 6) is 1.28. The third kappa shape index (κ3) is 6.62. The molecule has 0 heterocycles. The molecule has 1 aliphatic rings. The Morgan fingerprint density at radius 1 is 1.25 bits per heavy atom. The topological polar surface area (TPSA) is 38.3 Å². The maximum Gasteiger partial charge on any atom is 0.407 e. The molecule has 1 saturated carbocycles. The highest BCUT2D eigenvalue weighted by molar-refractivity contribution is 5.68. The van der Waals surface area contributed by atoms with Crippen LogP contribution in [-0.4, -0.2) is 17.7 Å². The number of carbonyl (C=O) groups excluding carboxylic acids is 1. The first kappa shape index (κ1) is 17.3. The van der Waals surface area contributed by atoms with Crippen LogP contribution in [0.2, 0.25) is 0 Å². The summed E-state index contributed by atoms with van der Waals surface area (Å²) in [4.78, 5) is 12.0. The van der Waals surface area contributed by atoms with Gasteiger partial charge in [-0.1, -0.05) is 52.4 Å². The Morgan fingerprint density at radius 2 is 1.85 bits per heavy atom. The van der Waals surface area contributed by atoms with E-state index in [-0.39, 0.29) is 12.1 Å². The maximum atomic E-state index is 12.0. The van der Waals surface area contributed by atoms with Crippen LogP contribution in [0.1, 0.15) is 79.6 Å². The van der Waals surface area contributed by atoms with Gasteiger partial charge in [0, 0.05) is 6.04 Å². The lowest BCUT2D eigenvalue weighted by atomic mass is 9.81. The summed E-state index contributed by atoms with van der Waals surface area (Å²) in [5.41, 5.74) is -0.422. The second-order valence-electron chi connectivity index (χ2n) is 7.38. The average Bonchev–Trinajstić information content (AvgIpc) is 2.36. The molecule has 0 radical (unpaired) electrons. The van der Waals surface area contributed by atoms with Crippen LogP contribution < -0.4 is 5.32 Å². The number of carbonyl (C=O) groups is 1. The lowest BCUT2D eigenvalue weighted by molar-refractivity contribution is 0.0474. The van der Waals surface area contributed by atoms with E-state index in [1.54, 1.807) is 0 Å². The van der Waals surface area contributed by atoms with Gasteiger partial charge in [0.25, 0.3) is 0 Å². The standard InChI is InChI=1S/C17H33NO2/c1-6-13(2)15(12-14-10-8-7-9-11-14)18-16(19)20-17(3,4)5/h13-15H,6-12H2,1-5H3,(H,18,19)/t13-,15+/m1/s1. The molecule has 1 rings (SSSR count). The Morgan fingerprint density at radius 3 is 2.35 bits per heavy atom. The first-order valence-corrected chi connectivity index (χ1v) is 8.31. The van der Waals surface area contributed by atoms with E-state index in [9.17, 15) is 4.79 Å². The molecule has 0 aliphatic heterocycles. The number of nitrogens with one attached hydrogen (secondary N) is 1.